The second-order valence-corrected chi connectivity index (χ2v) is 6.51. The summed E-state index contributed by atoms with van der Waals surface area (Å²) in [4.78, 5) is 27.0. The van der Waals surface area contributed by atoms with Gasteiger partial charge in [0.1, 0.15) is 12.1 Å². The highest BCUT2D eigenvalue weighted by Gasteiger charge is 2.34. The number of rotatable bonds is 6. The predicted octanol–water partition coefficient (Wildman–Crippen LogP) is 1.59. The van der Waals surface area contributed by atoms with Gasteiger partial charge in [0, 0.05) is 24.9 Å². The topological polar surface area (TPSA) is 101 Å². The molecule has 0 aliphatic carbocycles. The molecule has 0 fully saturated rings. The van der Waals surface area contributed by atoms with Gasteiger partial charge in [0.15, 0.2) is 5.82 Å². The first-order chi connectivity index (χ1) is 13.5. The Morgan fingerprint density at radius 3 is 2.82 bits per heavy atom. The molecule has 2 heterocycles. The largest absolute Gasteiger partial charge is 0.496 e. The molecule has 0 saturated heterocycles. The number of urea groups is 1. The summed E-state index contributed by atoms with van der Waals surface area (Å²) in [6.45, 7) is 4.72. The highest BCUT2D eigenvalue weighted by Crippen LogP contribution is 2.33. The summed E-state index contributed by atoms with van der Waals surface area (Å²) in [5, 5.41) is 13.5. The number of para-hydroxylation sites is 1. The SMILES string of the molecule is CCn1cnnc1CN(C)C(=O)C1=C(C)NC(=O)NC1c1ccccc1OC. The van der Waals surface area contributed by atoms with Gasteiger partial charge >= 0.3 is 6.03 Å². The first-order valence-electron chi connectivity index (χ1n) is 8.99. The number of nitrogens with one attached hydrogen (secondary N) is 2. The Balaban J connectivity index is 1.94. The van der Waals surface area contributed by atoms with Crippen molar-refractivity contribution in [1.29, 1.82) is 0 Å². The van der Waals surface area contributed by atoms with E-state index in [9.17, 15) is 9.59 Å². The number of carbonyl (C=O) groups is 2. The Kier molecular flexibility index (Phi) is 5.62. The highest BCUT2D eigenvalue weighted by atomic mass is 16.5. The molecule has 3 rings (SSSR count). The van der Waals surface area contributed by atoms with Crippen LogP contribution in [0.15, 0.2) is 41.9 Å². The quantitative estimate of drug-likeness (QED) is 0.788. The standard InChI is InChI=1S/C19H24N6O3/c1-5-25-11-20-23-15(25)10-24(3)18(26)16-12(2)21-19(27)22-17(16)13-8-6-7-9-14(13)28-4/h6-9,11,17H,5,10H2,1-4H3,(H2,21,22,27). The maximum atomic E-state index is 13.3. The molecule has 1 aromatic heterocycles. The molecule has 1 aliphatic heterocycles. The fourth-order valence-corrected chi connectivity index (χ4v) is 3.27. The molecular formula is C19H24N6O3. The monoisotopic (exact) mass is 384 g/mol. The second kappa shape index (κ2) is 8.12. The Bertz CT molecular complexity index is 920. The van der Waals surface area contributed by atoms with Gasteiger partial charge in [-0.2, -0.15) is 0 Å². The van der Waals surface area contributed by atoms with Crippen molar-refractivity contribution in [1.82, 2.24) is 30.3 Å². The van der Waals surface area contributed by atoms with Crippen molar-refractivity contribution < 1.29 is 14.3 Å². The van der Waals surface area contributed by atoms with E-state index < -0.39 is 6.04 Å². The van der Waals surface area contributed by atoms with Crippen LogP contribution in [-0.2, 0) is 17.9 Å². The number of likely N-dealkylation sites (N-methyl/N-ethyl adjacent to an activating group) is 1. The van der Waals surface area contributed by atoms with Crippen molar-refractivity contribution in [2.24, 2.45) is 0 Å². The molecular weight excluding hydrogens is 360 g/mol. The Labute approximate surface area is 163 Å². The van der Waals surface area contributed by atoms with Crippen molar-refractivity contribution in [2.75, 3.05) is 14.2 Å². The number of nitrogens with zero attached hydrogens (tertiary/aromatic N) is 4. The Hall–Kier alpha value is -3.36. The van der Waals surface area contributed by atoms with E-state index >= 15 is 0 Å². The fraction of sp³-hybridized carbons (Fsp3) is 0.368. The summed E-state index contributed by atoms with van der Waals surface area (Å²) in [5.41, 5.74) is 1.68. The molecule has 28 heavy (non-hydrogen) atoms. The molecule has 1 aliphatic rings. The van der Waals surface area contributed by atoms with Gasteiger partial charge in [-0.15, -0.1) is 10.2 Å². The van der Waals surface area contributed by atoms with Gasteiger partial charge in [0.25, 0.3) is 5.91 Å². The number of amides is 3. The number of aromatic nitrogens is 3. The number of hydrogen-bond donors (Lipinski definition) is 2. The molecule has 1 unspecified atom stereocenters. The van der Waals surface area contributed by atoms with Crippen molar-refractivity contribution in [2.45, 2.75) is 33.0 Å². The van der Waals surface area contributed by atoms with E-state index in [0.29, 0.717) is 41.5 Å². The van der Waals surface area contributed by atoms with Gasteiger partial charge in [-0.3, -0.25) is 4.79 Å². The average Bonchev–Trinajstić information content (AvgIpc) is 3.13. The molecule has 1 atom stereocenters. The lowest BCUT2D eigenvalue weighted by Crippen LogP contribution is -2.47. The third-order valence-corrected chi connectivity index (χ3v) is 4.71. The first-order valence-corrected chi connectivity index (χ1v) is 8.99. The fourth-order valence-electron chi connectivity index (χ4n) is 3.27. The molecule has 0 bridgehead atoms. The van der Waals surface area contributed by atoms with Crippen molar-refractivity contribution in [3.8, 4) is 5.75 Å². The number of carbonyl (C=O) groups excluding carboxylic acids is 2. The number of hydrogen-bond acceptors (Lipinski definition) is 5. The molecule has 2 aromatic rings. The minimum absolute atomic E-state index is 0.216. The van der Waals surface area contributed by atoms with E-state index in [0.717, 1.165) is 0 Å². The van der Waals surface area contributed by atoms with Crippen LogP contribution in [0.25, 0.3) is 0 Å². The first kappa shape index (κ1) is 19.4. The summed E-state index contributed by atoms with van der Waals surface area (Å²) < 4.78 is 7.31. The van der Waals surface area contributed by atoms with Crippen LogP contribution in [0.2, 0.25) is 0 Å². The van der Waals surface area contributed by atoms with E-state index in [1.807, 2.05) is 29.7 Å². The normalized spacial score (nSPS) is 16.4. The second-order valence-electron chi connectivity index (χ2n) is 6.51. The Morgan fingerprint density at radius 2 is 2.11 bits per heavy atom. The van der Waals surface area contributed by atoms with Crippen molar-refractivity contribution >= 4 is 11.9 Å². The number of allylic oxidation sites excluding steroid dienone is 1. The van der Waals surface area contributed by atoms with E-state index in [1.165, 1.54) is 0 Å². The zero-order valence-electron chi connectivity index (χ0n) is 16.4. The van der Waals surface area contributed by atoms with E-state index in [-0.39, 0.29) is 11.9 Å². The lowest BCUT2D eigenvalue weighted by atomic mass is 9.93. The van der Waals surface area contributed by atoms with Crippen LogP contribution in [0.3, 0.4) is 0 Å². The minimum Gasteiger partial charge on any atom is -0.496 e. The van der Waals surface area contributed by atoms with Crippen LogP contribution in [0, 0.1) is 0 Å². The molecule has 9 heteroatoms. The van der Waals surface area contributed by atoms with E-state index in [1.54, 1.807) is 38.4 Å². The van der Waals surface area contributed by atoms with E-state index in [2.05, 4.69) is 20.8 Å². The Morgan fingerprint density at radius 1 is 1.36 bits per heavy atom. The molecule has 1 aromatic carbocycles. The van der Waals surface area contributed by atoms with Crippen LogP contribution in [-0.4, -0.2) is 45.8 Å². The average molecular weight is 384 g/mol. The van der Waals surface area contributed by atoms with Crippen LogP contribution >= 0.6 is 0 Å². The summed E-state index contributed by atoms with van der Waals surface area (Å²) in [5.74, 6) is 1.07. The molecule has 2 N–H and O–H groups in total. The minimum atomic E-state index is -0.621. The third kappa shape index (κ3) is 3.68. The molecule has 0 saturated carbocycles. The summed E-state index contributed by atoms with van der Waals surface area (Å²) >= 11 is 0. The molecule has 0 radical (unpaired) electrons. The van der Waals surface area contributed by atoms with Gasteiger partial charge in [0.05, 0.1) is 25.3 Å². The maximum Gasteiger partial charge on any atom is 0.319 e. The maximum absolute atomic E-state index is 13.3. The zero-order chi connectivity index (χ0) is 20.3. The summed E-state index contributed by atoms with van der Waals surface area (Å²) in [6.07, 6.45) is 1.64. The number of ether oxygens (including phenoxy) is 1. The lowest BCUT2D eigenvalue weighted by Gasteiger charge is -2.31. The van der Waals surface area contributed by atoms with Crippen LogP contribution in [0.5, 0.6) is 5.75 Å². The summed E-state index contributed by atoms with van der Waals surface area (Å²) in [7, 11) is 3.26. The molecule has 9 nitrogen and oxygen atoms in total. The lowest BCUT2D eigenvalue weighted by molar-refractivity contribution is -0.127. The number of benzene rings is 1. The van der Waals surface area contributed by atoms with Gasteiger partial charge in [-0.1, -0.05) is 18.2 Å². The third-order valence-electron chi connectivity index (χ3n) is 4.71. The van der Waals surface area contributed by atoms with Crippen molar-refractivity contribution in [3.63, 3.8) is 0 Å². The van der Waals surface area contributed by atoms with Gasteiger partial charge in [0.2, 0.25) is 0 Å². The number of aryl methyl sites for hydroxylation is 1. The molecule has 0 spiro atoms. The highest BCUT2D eigenvalue weighted by molar-refractivity contribution is 5.98. The van der Waals surface area contributed by atoms with Gasteiger partial charge in [-0.05, 0) is 19.9 Å². The predicted molar refractivity (Wildman–Crippen MR) is 102 cm³/mol. The van der Waals surface area contributed by atoms with Gasteiger partial charge < -0.3 is 24.8 Å². The zero-order valence-corrected chi connectivity index (χ0v) is 16.4. The smallest absolute Gasteiger partial charge is 0.319 e. The van der Waals surface area contributed by atoms with Gasteiger partial charge in [-0.25, -0.2) is 4.79 Å². The van der Waals surface area contributed by atoms with E-state index in [4.69, 9.17) is 4.74 Å². The van der Waals surface area contributed by atoms with Crippen LogP contribution < -0.4 is 15.4 Å². The molecule has 148 valence electrons. The molecule has 3 amide bonds. The number of methoxy groups -OCH3 is 1. The van der Waals surface area contributed by atoms with Crippen molar-refractivity contribution in [3.05, 3.63) is 53.3 Å². The van der Waals surface area contributed by atoms with Crippen LogP contribution in [0.1, 0.15) is 31.3 Å². The summed E-state index contributed by atoms with van der Waals surface area (Å²) in [6, 6.07) is 6.34. The van der Waals surface area contributed by atoms with Crippen LogP contribution in [0.4, 0.5) is 4.79 Å².